The van der Waals surface area contributed by atoms with Gasteiger partial charge in [-0.2, -0.15) is 5.16 Å². The van der Waals surface area contributed by atoms with E-state index in [1.807, 2.05) is 86.6 Å². The maximum Gasteiger partial charge on any atom is 0.261 e. The lowest BCUT2D eigenvalue weighted by molar-refractivity contribution is -0.303. The third-order valence-electron chi connectivity index (χ3n) is 8.41. The number of nitrogens with zero attached hydrogens (tertiary/aromatic N) is 4. The number of carbonyl (C=O) groups excluding carboxylic acids is 1. The van der Waals surface area contributed by atoms with Crippen LogP contribution in [0, 0.1) is 12.8 Å². The highest BCUT2D eigenvalue weighted by molar-refractivity contribution is 5.81. The van der Waals surface area contributed by atoms with E-state index in [4.69, 9.17) is 9.72 Å². The van der Waals surface area contributed by atoms with Crippen LogP contribution in [0.4, 0.5) is 0 Å². The minimum absolute atomic E-state index is 0.0131. The van der Waals surface area contributed by atoms with Crippen molar-refractivity contribution < 1.29 is 19.2 Å². The Kier molecular flexibility index (Phi) is 8.60. The molecule has 2 unspecified atom stereocenters. The number of aromatic nitrogens is 4. The second-order valence-electron chi connectivity index (χ2n) is 11.7. The predicted molar refractivity (Wildman–Crippen MR) is 168 cm³/mol. The van der Waals surface area contributed by atoms with Crippen LogP contribution in [0.1, 0.15) is 62.2 Å². The smallest absolute Gasteiger partial charge is 0.261 e. The van der Waals surface area contributed by atoms with Crippen LogP contribution in [0.2, 0.25) is 0 Å². The van der Waals surface area contributed by atoms with Gasteiger partial charge in [0.25, 0.3) is 5.56 Å². The van der Waals surface area contributed by atoms with Gasteiger partial charge in [0, 0.05) is 29.9 Å². The fraction of sp³-hybridized carbons (Fsp3) is 0.306. The van der Waals surface area contributed by atoms with Gasteiger partial charge in [-0.05, 0) is 67.1 Å². The fourth-order valence-electron chi connectivity index (χ4n) is 6.07. The topological polar surface area (TPSA) is 123 Å². The van der Waals surface area contributed by atoms with E-state index in [-0.39, 0.29) is 23.4 Å². The summed E-state index contributed by atoms with van der Waals surface area (Å²) >= 11 is 0. The van der Waals surface area contributed by atoms with Gasteiger partial charge in [-0.15, -0.1) is 0 Å². The monoisotopic (exact) mass is 603 g/mol. The first-order chi connectivity index (χ1) is 21.8. The highest BCUT2D eigenvalue weighted by Gasteiger charge is 2.26. The van der Waals surface area contributed by atoms with Crippen molar-refractivity contribution in [2.45, 2.75) is 65.4 Å². The molecule has 9 nitrogen and oxygen atoms in total. The molecule has 5 aromatic rings. The minimum atomic E-state index is -0.729. The van der Waals surface area contributed by atoms with Crippen molar-refractivity contribution in [3.05, 3.63) is 106 Å². The molecule has 0 amide bonds. The van der Waals surface area contributed by atoms with Gasteiger partial charge < -0.3 is 14.4 Å². The Bertz CT molecular complexity index is 1880. The van der Waals surface area contributed by atoms with Gasteiger partial charge in [-0.3, -0.25) is 14.2 Å². The number of hydrogen-bond donors (Lipinski definition) is 0. The molecule has 0 radical (unpaired) electrons. The van der Waals surface area contributed by atoms with E-state index in [1.165, 1.54) is 0 Å². The number of ketones is 1. The molecular weight excluding hydrogens is 568 g/mol. The van der Waals surface area contributed by atoms with Crippen LogP contribution in [0.25, 0.3) is 28.2 Å². The number of carbonyl (C=O) groups is 1. The molecule has 2 aromatic heterocycles. The Labute approximate surface area is 261 Å². The first-order valence-electron chi connectivity index (χ1n) is 15.4. The molecule has 0 bridgehead atoms. The predicted octanol–water partition coefficient (Wildman–Crippen LogP) is 6.01. The largest absolute Gasteiger partial charge is 0.528 e. The molecule has 0 N–H and O–H groups in total. The first-order valence-corrected chi connectivity index (χ1v) is 15.4. The fourth-order valence-corrected chi connectivity index (χ4v) is 6.07. The van der Waals surface area contributed by atoms with Crippen molar-refractivity contribution in [3.63, 3.8) is 0 Å². The molecule has 9 heteroatoms. The second kappa shape index (κ2) is 12.9. The maximum atomic E-state index is 14.1. The van der Waals surface area contributed by atoms with Crippen molar-refractivity contribution in [1.29, 1.82) is 0 Å². The molecule has 2 heterocycles. The number of hydrogen-bond acceptors (Lipinski definition) is 8. The van der Waals surface area contributed by atoms with Gasteiger partial charge in [0.05, 0.1) is 17.5 Å². The van der Waals surface area contributed by atoms with E-state index in [0.29, 0.717) is 42.0 Å². The lowest BCUT2D eigenvalue weighted by Crippen LogP contribution is -2.30. The van der Waals surface area contributed by atoms with Crippen LogP contribution < -0.4 is 15.4 Å². The second-order valence-corrected chi connectivity index (χ2v) is 11.7. The van der Waals surface area contributed by atoms with Crippen LogP contribution in [-0.4, -0.2) is 31.6 Å². The van der Waals surface area contributed by atoms with Gasteiger partial charge in [0.1, 0.15) is 17.4 Å². The lowest BCUT2D eigenvalue weighted by atomic mass is 9.87. The van der Waals surface area contributed by atoms with Crippen molar-refractivity contribution in [2.24, 2.45) is 5.92 Å². The summed E-state index contributed by atoms with van der Waals surface area (Å²) in [5.41, 5.74) is 5.61. The Morgan fingerprint density at radius 2 is 1.71 bits per heavy atom. The number of benzene rings is 3. The molecule has 45 heavy (non-hydrogen) atoms. The van der Waals surface area contributed by atoms with E-state index >= 15 is 0 Å². The van der Waals surface area contributed by atoms with E-state index in [2.05, 4.69) is 21.6 Å². The zero-order chi connectivity index (χ0) is 31.5. The summed E-state index contributed by atoms with van der Waals surface area (Å²) in [4.78, 5) is 34.7. The molecule has 3 aromatic carbocycles. The molecule has 230 valence electrons. The number of ether oxygens (including phenoxy) is 1. The Hall–Kier alpha value is -5.05. The Morgan fingerprint density at radius 3 is 2.38 bits per heavy atom. The third-order valence-corrected chi connectivity index (χ3v) is 8.41. The molecule has 1 saturated carbocycles. The van der Waals surface area contributed by atoms with Gasteiger partial charge in [0.15, 0.2) is 11.9 Å². The molecule has 2 atom stereocenters. The summed E-state index contributed by atoms with van der Waals surface area (Å²) < 4.78 is 12.5. The van der Waals surface area contributed by atoms with Crippen molar-refractivity contribution in [2.75, 3.05) is 0 Å². The zero-order valence-electron chi connectivity index (χ0n) is 25.7. The van der Waals surface area contributed by atoms with Crippen LogP contribution in [0.15, 0.2) is 82.1 Å². The summed E-state index contributed by atoms with van der Waals surface area (Å²) in [5.74, 6) is 1.93. The molecule has 0 saturated heterocycles. The first kappa shape index (κ1) is 30.0. The van der Waals surface area contributed by atoms with E-state index in [1.54, 1.807) is 4.57 Å². The number of rotatable bonds is 9. The average molecular weight is 604 g/mol. The summed E-state index contributed by atoms with van der Waals surface area (Å²) in [6.45, 7) is 5.90. The third kappa shape index (κ3) is 6.43. The highest BCUT2D eigenvalue weighted by atomic mass is 16.6. The highest BCUT2D eigenvalue weighted by Crippen LogP contribution is 2.31. The molecule has 0 aliphatic heterocycles. The average Bonchev–Trinajstić information content (AvgIpc) is 3.48. The van der Waals surface area contributed by atoms with Gasteiger partial charge in [-0.1, -0.05) is 68.8 Å². The molecule has 6 rings (SSSR count). The van der Waals surface area contributed by atoms with Crippen LogP contribution >= 0.6 is 0 Å². The molecule has 0 spiro atoms. The Morgan fingerprint density at radius 1 is 0.978 bits per heavy atom. The summed E-state index contributed by atoms with van der Waals surface area (Å²) in [6.07, 6.45) is 3.30. The van der Waals surface area contributed by atoms with E-state index in [9.17, 15) is 14.7 Å². The van der Waals surface area contributed by atoms with Gasteiger partial charge in [0.2, 0.25) is 0 Å². The van der Waals surface area contributed by atoms with Gasteiger partial charge >= 0.3 is 0 Å². The molecule has 1 aliphatic carbocycles. The SMILES string of the molecule is CCCc1nc(C)n(-c2ccc(OC3CCC(=O)C(C)C3)cc2)c(=O)c1Cc1ccc(-c2ccccc2-c2noc([O-])n2)cc1. The minimum Gasteiger partial charge on any atom is -0.528 e. The Balaban J connectivity index is 1.26. The van der Waals surface area contributed by atoms with Gasteiger partial charge in [-0.25, -0.2) is 9.97 Å². The zero-order valence-corrected chi connectivity index (χ0v) is 25.7. The standard InChI is InChI=1S/C36H36N4O5/c1-4-7-32-31(21-24-10-12-25(13-11-24)29-8-5-6-9-30(29)34-38-36(43)45-39-34)35(42)40(23(3)37-32)26-14-16-27(17-15-26)44-28-18-19-33(41)22(2)20-28/h5-6,8-17,22,28H,4,7,18-21H2,1-3H3,(H,38,39,43)/p-1. The van der Waals surface area contributed by atoms with E-state index < -0.39 is 6.08 Å². The molecular formula is C36H35N4O5-. The normalized spacial score (nSPS) is 16.6. The molecule has 1 fully saturated rings. The van der Waals surface area contributed by atoms with Crippen molar-refractivity contribution in [3.8, 4) is 40.0 Å². The summed E-state index contributed by atoms with van der Waals surface area (Å²) in [5, 5.41) is 15.3. The lowest BCUT2D eigenvalue weighted by Gasteiger charge is -2.26. The number of aryl methyl sites for hydroxylation is 2. The number of Topliss-reactive ketones (excluding diaryl/α,β-unsaturated/α-hetero) is 1. The summed E-state index contributed by atoms with van der Waals surface area (Å²) in [6, 6.07) is 23.1. The quantitative estimate of drug-likeness (QED) is 0.201. The maximum absolute atomic E-state index is 14.1. The van der Waals surface area contributed by atoms with Crippen LogP contribution in [0.5, 0.6) is 11.8 Å². The van der Waals surface area contributed by atoms with Crippen LogP contribution in [0.3, 0.4) is 0 Å². The van der Waals surface area contributed by atoms with Crippen LogP contribution in [-0.2, 0) is 17.6 Å². The van der Waals surface area contributed by atoms with Crippen molar-refractivity contribution >= 4 is 5.78 Å². The molecule has 1 aliphatic rings. The van der Waals surface area contributed by atoms with Crippen molar-refractivity contribution in [1.82, 2.24) is 19.7 Å². The summed E-state index contributed by atoms with van der Waals surface area (Å²) in [7, 11) is 0. The van der Waals surface area contributed by atoms with E-state index in [0.717, 1.165) is 53.1 Å².